The second kappa shape index (κ2) is 5.92. The molecular formula is C15H14N4O2. The van der Waals surface area contributed by atoms with Gasteiger partial charge in [-0.2, -0.15) is 5.26 Å². The topological polar surface area (TPSA) is 96.2 Å². The number of nitrogens with zero attached hydrogens (tertiary/aromatic N) is 3. The fraction of sp³-hybridized carbons (Fsp3) is 0.133. The van der Waals surface area contributed by atoms with Crippen LogP contribution in [0.4, 0.5) is 17.1 Å². The number of hydrogen-bond acceptors (Lipinski definition) is 5. The molecule has 0 unspecified atom stereocenters. The molecule has 6 nitrogen and oxygen atoms in total. The summed E-state index contributed by atoms with van der Waals surface area (Å²) >= 11 is 0. The van der Waals surface area contributed by atoms with Crippen molar-refractivity contribution in [1.82, 2.24) is 0 Å². The lowest BCUT2D eigenvalue weighted by Gasteiger charge is -2.19. The average Bonchev–Trinajstić information content (AvgIpc) is 2.47. The third-order valence-electron chi connectivity index (χ3n) is 3.15. The van der Waals surface area contributed by atoms with Crippen LogP contribution in [0.25, 0.3) is 0 Å². The normalized spacial score (nSPS) is 9.90. The largest absolute Gasteiger partial charge is 0.393 e. The highest BCUT2D eigenvalue weighted by atomic mass is 16.6. The van der Waals surface area contributed by atoms with Crippen molar-refractivity contribution in [3.63, 3.8) is 0 Å². The molecule has 0 spiro atoms. The highest BCUT2D eigenvalue weighted by Gasteiger charge is 2.12. The van der Waals surface area contributed by atoms with Crippen LogP contribution in [0.3, 0.4) is 0 Å². The second-order valence-corrected chi connectivity index (χ2v) is 4.67. The number of nitriles is 1. The van der Waals surface area contributed by atoms with Crippen molar-refractivity contribution in [2.24, 2.45) is 0 Å². The van der Waals surface area contributed by atoms with E-state index in [1.807, 2.05) is 24.1 Å². The van der Waals surface area contributed by atoms with E-state index in [4.69, 9.17) is 11.0 Å². The molecule has 0 bridgehead atoms. The Morgan fingerprint density at radius 2 is 1.95 bits per heavy atom. The molecule has 0 saturated carbocycles. The van der Waals surface area contributed by atoms with Crippen molar-refractivity contribution in [2.45, 2.75) is 6.54 Å². The Morgan fingerprint density at radius 1 is 1.29 bits per heavy atom. The summed E-state index contributed by atoms with van der Waals surface area (Å²) < 4.78 is 0. The number of anilines is 2. The van der Waals surface area contributed by atoms with E-state index in [1.54, 1.807) is 24.3 Å². The highest BCUT2D eigenvalue weighted by Crippen LogP contribution is 2.24. The molecule has 21 heavy (non-hydrogen) atoms. The smallest absolute Gasteiger partial charge is 0.292 e. The third kappa shape index (κ3) is 3.28. The summed E-state index contributed by atoms with van der Waals surface area (Å²) in [6, 6.07) is 14.0. The molecule has 0 saturated heterocycles. The first-order chi connectivity index (χ1) is 10.0. The fourth-order valence-electron chi connectivity index (χ4n) is 2.02. The molecule has 2 N–H and O–H groups in total. The van der Waals surface area contributed by atoms with Gasteiger partial charge in [-0.25, -0.2) is 0 Å². The van der Waals surface area contributed by atoms with Crippen LogP contribution in [0, 0.1) is 21.4 Å². The van der Waals surface area contributed by atoms with E-state index in [0.29, 0.717) is 12.1 Å². The van der Waals surface area contributed by atoms with Gasteiger partial charge in [-0.05, 0) is 35.9 Å². The first-order valence-corrected chi connectivity index (χ1v) is 6.25. The van der Waals surface area contributed by atoms with Gasteiger partial charge in [-0.1, -0.05) is 6.07 Å². The van der Waals surface area contributed by atoms with Gasteiger partial charge < -0.3 is 10.6 Å². The Hall–Kier alpha value is -3.07. The Kier molecular flexibility index (Phi) is 4.05. The summed E-state index contributed by atoms with van der Waals surface area (Å²) in [6.07, 6.45) is 0. The number of benzene rings is 2. The molecule has 0 aliphatic rings. The molecule has 2 aromatic carbocycles. The Bertz CT molecular complexity index is 705. The van der Waals surface area contributed by atoms with E-state index in [9.17, 15) is 10.1 Å². The molecule has 2 rings (SSSR count). The molecule has 0 amide bonds. The predicted molar refractivity (Wildman–Crippen MR) is 80.8 cm³/mol. The minimum absolute atomic E-state index is 0.0835. The molecular weight excluding hydrogens is 268 g/mol. The SMILES string of the molecule is CN(Cc1ccc([N+](=O)[O-])c(N)c1)c1ccc(C#N)cc1. The monoisotopic (exact) mass is 282 g/mol. The van der Waals surface area contributed by atoms with Crippen molar-refractivity contribution < 1.29 is 4.92 Å². The Morgan fingerprint density at radius 3 is 2.48 bits per heavy atom. The minimum atomic E-state index is -0.497. The van der Waals surface area contributed by atoms with Crippen molar-refractivity contribution in [2.75, 3.05) is 17.7 Å². The Labute approximate surface area is 122 Å². The fourth-order valence-corrected chi connectivity index (χ4v) is 2.02. The van der Waals surface area contributed by atoms with Gasteiger partial charge in [0, 0.05) is 25.3 Å². The van der Waals surface area contributed by atoms with Crippen molar-refractivity contribution in [3.8, 4) is 6.07 Å². The quantitative estimate of drug-likeness (QED) is 0.528. The van der Waals surface area contributed by atoms with E-state index in [1.165, 1.54) is 6.07 Å². The van der Waals surface area contributed by atoms with Crippen LogP contribution >= 0.6 is 0 Å². The number of rotatable bonds is 4. The van der Waals surface area contributed by atoms with Gasteiger partial charge in [0.25, 0.3) is 5.69 Å². The Balaban J connectivity index is 2.15. The summed E-state index contributed by atoms with van der Waals surface area (Å²) in [5, 5.41) is 19.5. The van der Waals surface area contributed by atoms with Gasteiger partial charge in [-0.15, -0.1) is 0 Å². The molecule has 0 heterocycles. The van der Waals surface area contributed by atoms with Gasteiger partial charge in [-0.3, -0.25) is 10.1 Å². The van der Waals surface area contributed by atoms with Gasteiger partial charge in [0.05, 0.1) is 16.6 Å². The zero-order valence-electron chi connectivity index (χ0n) is 11.5. The average molecular weight is 282 g/mol. The first kappa shape index (κ1) is 14.3. The van der Waals surface area contributed by atoms with Crippen molar-refractivity contribution >= 4 is 17.1 Å². The van der Waals surface area contributed by atoms with Crippen LogP contribution in [0.5, 0.6) is 0 Å². The number of hydrogen-bond donors (Lipinski definition) is 1. The summed E-state index contributed by atoms with van der Waals surface area (Å²) in [7, 11) is 1.90. The van der Waals surface area contributed by atoms with Crippen LogP contribution in [0.15, 0.2) is 42.5 Å². The van der Waals surface area contributed by atoms with E-state index >= 15 is 0 Å². The van der Waals surface area contributed by atoms with E-state index < -0.39 is 4.92 Å². The van der Waals surface area contributed by atoms with Gasteiger partial charge in [0.2, 0.25) is 0 Å². The molecule has 0 radical (unpaired) electrons. The zero-order valence-corrected chi connectivity index (χ0v) is 11.5. The first-order valence-electron chi connectivity index (χ1n) is 6.25. The van der Waals surface area contributed by atoms with Crippen LogP contribution in [-0.2, 0) is 6.54 Å². The van der Waals surface area contributed by atoms with Gasteiger partial charge in [0.15, 0.2) is 0 Å². The number of nitrogens with two attached hydrogens (primary N) is 1. The minimum Gasteiger partial charge on any atom is -0.393 e. The summed E-state index contributed by atoms with van der Waals surface area (Å²) in [6.45, 7) is 0.564. The standard InChI is InChI=1S/C15H14N4O2/c1-18(13-5-2-11(9-16)3-6-13)10-12-4-7-15(19(20)21)14(17)8-12/h2-8H,10,17H2,1H3. The molecule has 0 aliphatic heterocycles. The lowest BCUT2D eigenvalue weighted by Crippen LogP contribution is -2.16. The van der Waals surface area contributed by atoms with Crippen LogP contribution in [-0.4, -0.2) is 12.0 Å². The van der Waals surface area contributed by atoms with Crippen molar-refractivity contribution in [3.05, 3.63) is 63.7 Å². The summed E-state index contributed by atoms with van der Waals surface area (Å²) in [4.78, 5) is 12.2. The summed E-state index contributed by atoms with van der Waals surface area (Å²) in [5.41, 5.74) is 8.19. The van der Waals surface area contributed by atoms with Crippen LogP contribution < -0.4 is 10.6 Å². The lowest BCUT2D eigenvalue weighted by molar-refractivity contribution is -0.383. The molecule has 0 fully saturated rings. The van der Waals surface area contributed by atoms with E-state index in [2.05, 4.69) is 6.07 Å². The van der Waals surface area contributed by atoms with Crippen LogP contribution in [0.1, 0.15) is 11.1 Å². The van der Waals surface area contributed by atoms with Gasteiger partial charge in [0.1, 0.15) is 5.69 Å². The van der Waals surface area contributed by atoms with Gasteiger partial charge >= 0.3 is 0 Å². The van der Waals surface area contributed by atoms with E-state index in [0.717, 1.165) is 11.3 Å². The zero-order chi connectivity index (χ0) is 15.4. The lowest BCUT2D eigenvalue weighted by atomic mass is 10.1. The molecule has 2 aromatic rings. The van der Waals surface area contributed by atoms with E-state index in [-0.39, 0.29) is 11.4 Å². The second-order valence-electron chi connectivity index (χ2n) is 4.67. The maximum absolute atomic E-state index is 10.7. The predicted octanol–water partition coefficient (Wildman–Crippen LogP) is 2.69. The number of nitro groups is 1. The molecule has 6 heteroatoms. The molecule has 0 aromatic heterocycles. The molecule has 0 atom stereocenters. The third-order valence-corrected chi connectivity index (χ3v) is 3.15. The maximum Gasteiger partial charge on any atom is 0.292 e. The molecule has 106 valence electrons. The molecule has 0 aliphatic carbocycles. The summed E-state index contributed by atoms with van der Waals surface area (Å²) in [5.74, 6) is 0. The highest BCUT2D eigenvalue weighted by molar-refractivity contribution is 5.60. The van der Waals surface area contributed by atoms with Crippen molar-refractivity contribution in [1.29, 1.82) is 5.26 Å². The maximum atomic E-state index is 10.7. The number of nitro benzene ring substituents is 1. The number of nitrogen functional groups attached to an aromatic ring is 1. The van der Waals surface area contributed by atoms with Crippen LogP contribution in [0.2, 0.25) is 0 Å².